The highest BCUT2D eigenvalue weighted by atomic mass is 19.4. The van der Waals surface area contributed by atoms with E-state index in [4.69, 9.17) is 0 Å². The number of carbonyl (C=O) groups excluding carboxylic acids is 1. The number of aryl methyl sites for hydroxylation is 2. The van der Waals surface area contributed by atoms with Gasteiger partial charge in [-0.15, -0.1) is 13.2 Å². The molecule has 0 N–H and O–H groups in total. The Labute approximate surface area is 195 Å². The van der Waals surface area contributed by atoms with Crippen molar-refractivity contribution in [2.75, 3.05) is 0 Å². The van der Waals surface area contributed by atoms with Crippen LogP contribution in [-0.4, -0.2) is 16.7 Å². The summed E-state index contributed by atoms with van der Waals surface area (Å²) in [7, 11) is 0. The van der Waals surface area contributed by atoms with Crippen LogP contribution in [0.15, 0.2) is 73.2 Å². The van der Waals surface area contributed by atoms with Gasteiger partial charge in [-0.05, 0) is 43.0 Å². The number of aromatic nitrogens is 2. The molecule has 0 spiro atoms. The van der Waals surface area contributed by atoms with E-state index >= 15 is 0 Å². The summed E-state index contributed by atoms with van der Waals surface area (Å²) in [6, 6.07) is 15.9. The van der Waals surface area contributed by atoms with E-state index in [1.54, 1.807) is 6.07 Å². The molecule has 0 bridgehead atoms. The molecule has 174 valence electrons. The van der Waals surface area contributed by atoms with Gasteiger partial charge in [0.05, 0.1) is 16.9 Å². The fraction of sp³-hybridized carbons (Fsp3) is 0.259. The molecule has 1 aliphatic carbocycles. The molecule has 4 aromatic rings. The van der Waals surface area contributed by atoms with Gasteiger partial charge in [0.15, 0.2) is 24.2 Å². The van der Waals surface area contributed by atoms with Gasteiger partial charge in [0.2, 0.25) is 0 Å². The van der Waals surface area contributed by atoms with Gasteiger partial charge in [0.25, 0.3) is 0 Å². The number of halogens is 3. The molecule has 7 heteroatoms. The summed E-state index contributed by atoms with van der Waals surface area (Å²) in [5.41, 5.74) is 4.20. The summed E-state index contributed by atoms with van der Waals surface area (Å²) in [6.07, 6.45) is 2.46. The second-order valence-corrected chi connectivity index (χ2v) is 8.78. The summed E-state index contributed by atoms with van der Waals surface area (Å²) in [5.74, 6) is -0.565. The highest BCUT2D eigenvalue weighted by Crippen LogP contribution is 2.35. The molecule has 0 fully saturated rings. The molecule has 4 nitrogen and oxygen atoms in total. The van der Waals surface area contributed by atoms with Gasteiger partial charge in [0, 0.05) is 30.3 Å². The molecule has 2 atom stereocenters. The number of ether oxygens (including phenoxy) is 1. The number of fused-ring (bicyclic) bond motifs is 2. The van der Waals surface area contributed by atoms with Crippen LogP contribution in [0.2, 0.25) is 0 Å². The summed E-state index contributed by atoms with van der Waals surface area (Å²) in [5, 5.41) is 1.04. The Morgan fingerprint density at radius 3 is 2.62 bits per heavy atom. The van der Waals surface area contributed by atoms with Crippen LogP contribution in [0.4, 0.5) is 13.2 Å². The fourth-order valence-electron chi connectivity index (χ4n) is 4.85. The Bertz CT molecular complexity index is 1380. The van der Waals surface area contributed by atoms with Gasteiger partial charge in [-0.25, -0.2) is 0 Å². The molecule has 2 unspecified atom stereocenters. The maximum atomic E-state index is 13.4. The molecule has 0 amide bonds. The SMILES string of the molecule is Cc1cn(C2CCc3ccc(OC(F)(F)F)cc3C2=O)c2cc[n+](C(C)c3ccccc3)cc12. The Morgan fingerprint density at radius 1 is 1.12 bits per heavy atom. The third-order valence-corrected chi connectivity index (χ3v) is 6.63. The van der Waals surface area contributed by atoms with Crippen LogP contribution in [0, 0.1) is 6.92 Å². The minimum absolute atomic E-state index is 0.142. The Hall–Kier alpha value is -3.61. The average Bonchev–Trinajstić information content (AvgIpc) is 3.14. The minimum Gasteiger partial charge on any atom is -0.406 e. The molecule has 34 heavy (non-hydrogen) atoms. The van der Waals surface area contributed by atoms with E-state index in [2.05, 4.69) is 34.6 Å². The smallest absolute Gasteiger partial charge is 0.406 e. The zero-order valence-electron chi connectivity index (χ0n) is 18.8. The minimum atomic E-state index is -4.80. The first-order valence-electron chi connectivity index (χ1n) is 11.2. The number of alkyl halides is 3. The Balaban J connectivity index is 1.49. The van der Waals surface area contributed by atoms with Crippen molar-refractivity contribution in [1.29, 1.82) is 0 Å². The lowest BCUT2D eigenvalue weighted by atomic mass is 9.86. The average molecular weight is 465 g/mol. The van der Waals surface area contributed by atoms with Crippen LogP contribution in [0.5, 0.6) is 5.75 Å². The summed E-state index contributed by atoms with van der Waals surface area (Å²) in [4.78, 5) is 13.4. The zero-order chi connectivity index (χ0) is 24.0. The van der Waals surface area contributed by atoms with Crippen molar-refractivity contribution in [3.63, 3.8) is 0 Å². The molecule has 0 saturated heterocycles. The molecule has 2 aromatic carbocycles. The molecule has 0 aliphatic heterocycles. The van der Waals surface area contributed by atoms with Crippen molar-refractivity contribution >= 4 is 16.7 Å². The van der Waals surface area contributed by atoms with Crippen molar-refractivity contribution in [3.05, 3.63) is 95.4 Å². The van der Waals surface area contributed by atoms with Crippen LogP contribution in [0.3, 0.4) is 0 Å². The number of Topliss-reactive ketones (excluding diaryl/α,β-unsaturated/α-hetero) is 1. The van der Waals surface area contributed by atoms with Crippen molar-refractivity contribution in [3.8, 4) is 5.75 Å². The first-order valence-corrected chi connectivity index (χ1v) is 11.2. The van der Waals surface area contributed by atoms with Gasteiger partial charge in [-0.3, -0.25) is 4.79 Å². The van der Waals surface area contributed by atoms with E-state index in [-0.39, 0.29) is 17.6 Å². The molecule has 5 rings (SSSR count). The predicted molar refractivity (Wildman–Crippen MR) is 122 cm³/mol. The van der Waals surface area contributed by atoms with E-state index in [9.17, 15) is 18.0 Å². The van der Waals surface area contributed by atoms with Gasteiger partial charge >= 0.3 is 6.36 Å². The molecule has 0 saturated carbocycles. The molecular formula is C27H24F3N2O2+. The maximum absolute atomic E-state index is 13.4. The molecule has 1 aliphatic rings. The van der Waals surface area contributed by atoms with Crippen LogP contribution in [-0.2, 0) is 6.42 Å². The number of ketones is 1. The number of pyridine rings is 1. The quantitative estimate of drug-likeness (QED) is 0.341. The lowest BCUT2D eigenvalue weighted by molar-refractivity contribution is -0.709. The summed E-state index contributed by atoms with van der Waals surface area (Å²) in [6.45, 7) is 4.14. The Kier molecular flexibility index (Phi) is 5.42. The highest BCUT2D eigenvalue weighted by molar-refractivity contribution is 6.02. The predicted octanol–water partition coefficient (Wildman–Crippen LogP) is 6.12. The summed E-state index contributed by atoms with van der Waals surface area (Å²) < 4.78 is 46.2. The Morgan fingerprint density at radius 2 is 1.88 bits per heavy atom. The standard InChI is InChI=1S/C27H24F3N2O2/c1-17-15-32(24-12-13-31(16-23(17)24)18(2)19-6-4-3-5-7-19)25-11-9-20-8-10-21(34-27(28,29)30)14-22(20)26(25)33/h3-8,10,12-16,18,25H,9,11H2,1-2H3/q+1. The lowest BCUT2D eigenvalue weighted by Crippen LogP contribution is -2.37. The highest BCUT2D eigenvalue weighted by Gasteiger charge is 2.34. The van der Waals surface area contributed by atoms with Gasteiger partial charge in [-0.1, -0.05) is 36.4 Å². The maximum Gasteiger partial charge on any atom is 0.573 e. The van der Waals surface area contributed by atoms with Crippen LogP contribution in [0.25, 0.3) is 10.9 Å². The fourth-order valence-corrected chi connectivity index (χ4v) is 4.85. The number of nitrogens with zero attached hydrogens (tertiary/aromatic N) is 2. The van der Waals surface area contributed by atoms with Crippen LogP contribution < -0.4 is 9.30 Å². The van der Waals surface area contributed by atoms with Crippen molar-refractivity contribution in [2.45, 2.75) is 45.1 Å². The van der Waals surface area contributed by atoms with Gasteiger partial charge in [-0.2, -0.15) is 4.57 Å². The van der Waals surface area contributed by atoms with E-state index in [0.717, 1.165) is 22.0 Å². The second-order valence-electron chi connectivity index (χ2n) is 8.78. The topological polar surface area (TPSA) is 35.1 Å². The third-order valence-electron chi connectivity index (χ3n) is 6.63. The van der Waals surface area contributed by atoms with Crippen LogP contribution in [0.1, 0.15) is 52.5 Å². The van der Waals surface area contributed by atoms with Crippen molar-refractivity contribution < 1.29 is 27.3 Å². The summed E-state index contributed by atoms with van der Waals surface area (Å²) >= 11 is 0. The lowest BCUT2D eigenvalue weighted by Gasteiger charge is -2.26. The first-order chi connectivity index (χ1) is 16.2. The number of carbonyl (C=O) groups is 1. The number of rotatable bonds is 4. The first kappa shape index (κ1) is 22.2. The molecule has 0 radical (unpaired) electrons. The van der Waals surface area contributed by atoms with Gasteiger partial charge < -0.3 is 9.30 Å². The zero-order valence-corrected chi connectivity index (χ0v) is 18.8. The molecule has 2 aromatic heterocycles. The normalized spacial score (nSPS) is 17.0. The van der Waals surface area contributed by atoms with E-state index in [1.165, 1.54) is 17.7 Å². The van der Waals surface area contributed by atoms with Gasteiger partial charge in [0.1, 0.15) is 5.75 Å². The monoisotopic (exact) mass is 465 g/mol. The van der Waals surface area contributed by atoms with E-state index in [1.807, 2.05) is 48.1 Å². The molecular weight excluding hydrogens is 441 g/mol. The number of benzene rings is 2. The van der Waals surface area contributed by atoms with Crippen molar-refractivity contribution in [2.24, 2.45) is 0 Å². The van der Waals surface area contributed by atoms with Crippen LogP contribution >= 0.6 is 0 Å². The second kappa shape index (κ2) is 8.31. The number of hydrogen-bond donors (Lipinski definition) is 0. The van der Waals surface area contributed by atoms with E-state index < -0.39 is 12.4 Å². The van der Waals surface area contributed by atoms with E-state index in [0.29, 0.717) is 18.4 Å². The third kappa shape index (κ3) is 4.06. The molecule has 2 heterocycles. The number of hydrogen-bond acceptors (Lipinski definition) is 2. The van der Waals surface area contributed by atoms with Crippen molar-refractivity contribution in [1.82, 2.24) is 4.57 Å². The largest absolute Gasteiger partial charge is 0.573 e.